The molecule has 0 aliphatic heterocycles. The summed E-state index contributed by atoms with van der Waals surface area (Å²) < 4.78 is 0. The van der Waals surface area contributed by atoms with E-state index in [1.54, 1.807) is 12.3 Å². The van der Waals surface area contributed by atoms with Crippen LogP contribution in [0.1, 0.15) is 20.3 Å². The Bertz CT molecular complexity index is 404. The molecule has 1 heterocycles. The normalized spacial score (nSPS) is 10.1. The summed E-state index contributed by atoms with van der Waals surface area (Å²) in [5.74, 6) is 1.56. The first kappa shape index (κ1) is 15.2. The first-order valence-electron chi connectivity index (χ1n) is 6.60. The SMILES string of the molecule is CCN(CC)C(=O)CCNc1ccnc(N(C)C)n1. The third-order valence-electron chi connectivity index (χ3n) is 2.80. The van der Waals surface area contributed by atoms with Crippen LogP contribution in [0.3, 0.4) is 0 Å². The molecule has 1 rings (SSSR count). The molecule has 1 amide bonds. The summed E-state index contributed by atoms with van der Waals surface area (Å²) in [4.78, 5) is 24.0. The van der Waals surface area contributed by atoms with Crippen molar-refractivity contribution in [2.45, 2.75) is 20.3 Å². The molecular weight excluding hydrogens is 242 g/mol. The summed E-state index contributed by atoms with van der Waals surface area (Å²) in [5, 5.41) is 3.15. The number of nitrogens with one attached hydrogen (secondary N) is 1. The van der Waals surface area contributed by atoms with E-state index in [1.807, 2.05) is 37.7 Å². The average molecular weight is 265 g/mol. The van der Waals surface area contributed by atoms with Crippen LogP contribution >= 0.6 is 0 Å². The Labute approximate surface area is 114 Å². The average Bonchev–Trinajstić information content (AvgIpc) is 2.40. The molecule has 0 saturated carbocycles. The highest BCUT2D eigenvalue weighted by Gasteiger charge is 2.08. The van der Waals surface area contributed by atoms with E-state index in [1.165, 1.54) is 0 Å². The Kier molecular flexibility index (Phi) is 6.05. The third kappa shape index (κ3) is 4.73. The molecule has 0 aliphatic carbocycles. The Balaban J connectivity index is 2.45. The van der Waals surface area contributed by atoms with Crippen LogP contribution in [0.4, 0.5) is 11.8 Å². The zero-order valence-electron chi connectivity index (χ0n) is 12.2. The van der Waals surface area contributed by atoms with Gasteiger partial charge in [0.05, 0.1) is 0 Å². The molecule has 6 heteroatoms. The summed E-state index contributed by atoms with van der Waals surface area (Å²) in [6.07, 6.45) is 2.18. The summed E-state index contributed by atoms with van der Waals surface area (Å²) in [5.41, 5.74) is 0. The quantitative estimate of drug-likeness (QED) is 0.803. The lowest BCUT2D eigenvalue weighted by atomic mass is 10.3. The topological polar surface area (TPSA) is 61.4 Å². The minimum absolute atomic E-state index is 0.166. The van der Waals surface area contributed by atoms with Crippen molar-refractivity contribution in [3.05, 3.63) is 12.3 Å². The van der Waals surface area contributed by atoms with Gasteiger partial charge in [-0.2, -0.15) is 4.98 Å². The van der Waals surface area contributed by atoms with Crippen LogP contribution in [-0.4, -0.2) is 54.5 Å². The minimum atomic E-state index is 0.166. The smallest absolute Gasteiger partial charge is 0.226 e. The van der Waals surface area contributed by atoms with Crippen LogP contribution in [0.15, 0.2) is 12.3 Å². The van der Waals surface area contributed by atoms with Crippen molar-refractivity contribution in [2.75, 3.05) is 43.9 Å². The van der Waals surface area contributed by atoms with Crippen LogP contribution in [0.25, 0.3) is 0 Å². The maximum atomic E-state index is 11.8. The van der Waals surface area contributed by atoms with Gasteiger partial charge in [-0.25, -0.2) is 4.98 Å². The molecule has 0 radical (unpaired) electrons. The number of aromatic nitrogens is 2. The number of anilines is 2. The Morgan fingerprint density at radius 3 is 2.58 bits per heavy atom. The van der Waals surface area contributed by atoms with Gasteiger partial charge in [-0.05, 0) is 19.9 Å². The van der Waals surface area contributed by atoms with E-state index in [4.69, 9.17) is 0 Å². The van der Waals surface area contributed by atoms with Crippen LogP contribution in [0.5, 0.6) is 0 Å². The molecule has 1 N–H and O–H groups in total. The van der Waals surface area contributed by atoms with Crippen LogP contribution < -0.4 is 10.2 Å². The van der Waals surface area contributed by atoms with Crippen molar-refractivity contribution in [3.63, 3.8) is 0 Å². The molecule has 19 heavy (non-hydrogen) atoms. The lowest BCUT2D eigenvalue weighted by molar-refractivity contribution is -0.130. The number of rotatable bonds is 7. The molecule has 0 atom stereocenters. The third-order valence-corrected chi connectivity index (χ3v) is 2.80. The second kappa shape index (κ2) is 7.56. The second-order valence-electron chi connectivity index (χ2n) is 4.38. The van der Waals surface area contributed by atoms with Crippen molar-refractivity contribution in [2.24, 2.45) is 0 Å². The monoisotopic (exact) mass is 265 g/mol. The number of carbonyl (C=O) groups excluding carboxylic acids is 1. The lowest BCUT2D eigenvalue weighted by Crippen LogP contribution is -2.31. The Morgan fingerprint density at radius 2 is 2.00 bits per heavy atom. The van der Waals surface area contributed by atoms with Crippen molar-refractivity contribution >= 4 is 17.7 Å². The van der Waals surface area contributed by atoms with E-state index in [2.05, 4.69) is 15.3 Å². The van der Waals surface area contributed by atoms with Crippen LogP contribution in [-0.2, 0) is 4.79 Å². The molecule has 0 spiro atoms. The Hall–Kier alpha value is -1.85. The first-order valence-corrected chi connectivity index (χ1v) is 6.60. The van der Waals surface area contributed by atoms with Crippen LogP contribution in [0, 0.1) is 0 Å². The molecule has 106 valence electrons. The molecule has 0 saturated heterocycles. The maximum absolute atomic E-state index is 11.8. The Morgan fingerprint density at radius 1 is 1.32 bits per heavy atom. The van der Waals surface area contributed by atoms with E-state index in [-0.39, 0.29) is 5.91 Å². The van der Waals surface area contributed by atoms with E-state index >= 15 is 0 Å². The van der Waals surface area contributed by atoms with Gasteiger partial charge in [0.1, 0.15) is 5.82 Å². The minimum Gasteiger partial charge on any atom is -0.369 e. The van der Waals surface area contributed by atoms with Gasteiger partial charge in [0.2, 0.25) is 11.9 Å². The van der Waals surface area contributed by atoms with Crippen molar-refractivity contribution in [3.8, 4) is 0 Å². The molecule has 1 aromatic rings. The first-order chi connectivity index (χ1) is 9.08. The zero-order chi connectivity index (χ0) is 14.3. The van der Waals surface area contributed by atoms with Crippen molar-refractivity contribution in [1.82, 2.24) is 14.9 Å². The highest BCUT2D eigenvalue weighted by molar-refractivity contribution is 5.76. The molecule has 1 aromatic heterocycles. The van der Waals surface area contributed by atoms with Gasteiger partial charge < -0.3 is 15.1 Å². The predicted molar refractivity (Wildman–Crippen MR) is 77.4 cm³/mol. The van der Waals surface area contributed by atoms with Gasteiger partial charge in [0.25, 0.3) is 0 Å². The number of hydrogen-bond donors (Lipinski definition) is 1. The van der Waals surface area contributed by atoms with Gasteiger partial charge >= 0.3 is 0 Å². The van der Waals surface area contributed by atoms with Crippen molar-refractivity contribution in [1.29, 1.82) is 0 Å². The predicted octanol–water partition coefficient (Wildman–Crippen LogP) is 1.21. The van der Waals surface area contributed by atoms with Gasteiger partial charge in [0.15, 0.2) is 0 Å². The molecule has 0 aromatic carbocycles. The maximum Gasteiger partial charge on any atom is 0.226 e. The number of nitrogens with zero attached hydrogens (tertiary/aromatic N) is 4. The number of carbonyl (C=O) groups is 1. The highest BCUT2D eigenvalue weighted by atomic mass is 16.2. The van der Waals surface area contributed by atoms with Gasteiger partial charge in [0, 0.05) is 46.3 Å². The van der Waals surface area contributed by atoms with Crippen molar-refractivity contribution < 1.29 is 4.79 Å². The fourth-order valence-electron chi connectivity index (χ4n) is 1.69. The van der Waals surface area contributed by atoms with E-state index < -0.39 is 0 Å². The standard InChI is InChI=1S/C13H23N5O/c1-5-18(6-2)12(19)8-10-14-11-7-9-15-13(16-11)17(3)4/h7,9H,5-6,8,10H2,1-4H3,(H,14,15,16). The van der Waals surface area contributed by atoms with Crippen LogP contribution in [0.2, 0.25) is 0 Å². The summed E-state index contributed by atoms with van der Waals surface area (Å²) in [7, 11) is 3.78. The van der Waals surface area contributed by atoms with E-state index in [0.29, 0.717) is 18.9 Å². The van der Waals surface area contributed by atoms with E-state index in [9.17, 15) is 4.79 Å². The summed E-state index contributed by atoms with van der Waals surface area (Å²) in [6.45, 7) is 6.08. The number of hydrogen-bond acceptors (Lipinski definition) is 5. The molecule has 0 fully saturated rings. The second-order valence-corrected chi connectivity index (χ2v) is 4.38. The van der Waals surface area contributed by atoms with Gasteiger partial charge in [-0.1, -0.05) is 0 Å². The summed E-state index contributed by atoms with van der Waals surface area (Å²) in [6, 6.07) is 1.80. The molecule has 6 nitrogen and oxygen atoms in total. The van der Waals surface area contributed by atoms with Gasteiger partial charge in [-0.3, -0.25) is 4.79 Å². The summed E-state index contributed by atoms with van der Waals surface area (Å²) >= 11 is 0. The molecule has 0 unspecified atom stereocenters. The fourth-order valence-corrected chi connectivity index (χ4v) is 1.69. The lowest BCUT2D eigenvalue weighted by Gasteiger charge is -2.18. The molecular formula is C13H23N5O. The number of amides is 1. The molecule has 0 bridgehead atoms. The molecule has 0 aliphatic rings. The fraction of sp³-hybridized carbons (Fsp3) is 0.615. The zero-order valence-corrected chi connectivity index (χ0v) is 12.2. The highest BCUT2D eigenvalue weighted by Crippen LogP contribution is 2.07. The largest absolute Gasteiger partial charge is 0.369 e. The van der Waals surface area contributed by atoms with Gasteiger partial charge in [-0.15, -0.1) is 0 Å². The van der Waals surface area contributed by atoms with E-state index in [0.717, 1.165) is 18.9 Å².